The number of benzene rings is 1. The van der Waals surface area contributed by atoms with Gasteiger partial charge in [-0.25, -0.2) is 8.78 Å². The monoisotopic (exact) mass is 195 g/mol. The minimum Gasteiger partial charge on any atom is -0.345 e. The van der Waals surface area contributed by atoms with Crippen molar-refractivity contribution in [2.24, 2.45) is 0 Å². The Morgan fingerprint density at radius 1 is 1.43 bits per heavy atom. The molecule has 0 aliphatic carbocycles. The van der Waals surface area contributed by atoms with Crippen LogP contribution in [-0.4, -0.2) is 6.10 Å². The van der Waals surface area contributed by atoms with E-state index in [1.54, 1.807) is 0 Å². The number of hydrogen-bond acceptors (Lipinski definition) is 2. The van der Waals surface area contributed by atoms with E-state index >= 15 is 0 Å². The molecular weight excluding hydrogens is 188 g/mol. The first kappa shape index (κ1) is 9.10. The largest absolute Gasteiger partial charge is 0.345 e. The molecule has 1 heterocycles. The molecule has 0 N–H and O–H groups in total. The Labute approximate surface area is 79.7 Å². The zero-order valence-corrected chi connectivity index (χ0v) is 7.42. The van der Waals surface area contributed by atoms with E-state index in [2.05, 4.69) is 0 Å². The molecule has 2 atom stereocenters. The number of halogens is 2. The van der Waals surface area contributed by atoms with Crippen molar-refractivity contribution < 1.29 is 13.5 Å². The van der Waals surface area contributed by atoms with Crippen LogP contribution in [0.2, 0.25) is 0 Å². The Morgan fingerprint density at radius 2 is 2.00 bits per heavy atom. The zero-order chi connectivity index (χ0) is 10.3. The highest BCUT2D eigenvalue weighted by molar-refractivity contribution is 5.34. The maximum absolute atomic E-state index is 13.3. The fourth-order valence-corrected chi connectivity index (χ4v) is 1.52. The van der Waals surface area contributed by atoms with E-state index in [4.69, 9.17) is 10.00 Å². The van der Waals surface area contributed by atoms with Gasteiger partial charge in [0.05, 0.1) is 11.6 Å². The number of nitriles is 1. The molecule has 1 aliphatic rings. The number of epoxide rings is 1. The first-order chi connectivity index (χ1) is 6.59. The summed E-state index contributed by atoms with van der Waals surface area (Å²) in [6.45, 7) is 1.50. The lowest BCUT2D eigenvalue weighted by Crippen LogP contribution is -2.11. The van der Waals surface area contributed by atoms with Crippen LogP contribution in [0.4, 0.5) is 8.78 Å². The van der Waals surface area contributed by atoms with Crippen molar-refractivity contribution in [3.8, 4) is 6.07 Å². The van der Waals surface area contributed by atoms with Crippen LogP contribution in [0.25, 0.3) is 0 Å². The topological polar surface area (TPSA) is 36.3 Å². The molecule has 14 heavy (non-hydrogen) atoms. The molecule has 0 radical (unpaired) electrons. The number of rotatable bonds is 1. The average Bonchev–Trinajstić information content (AvgIpc) is 2.77. The van der Waals surface area contributed by atoms with Crippen LogP contribution >= 0.6 is 0 Å². The maximum atomic E-state index is 13.3. The summed E-state index contributed by atoms with van der Waals surface area (Å²) in [7, 11) is 0. The van der Waals surface area contributed by atoms with Crippen molar-refractivity contribution in [2.45, 2.75) is 18.6 Å². The summed E-state index contributed by atoms with van der Waals surface area (Å²) in [5.74, 6) is -1.35. The van der Waals surface area contributed by atoms with Gasteiger partial charge in [-0.05, 0) is 19.1 Å². The average molecular weight is 195 g/mol. The Hall–Kier alpha value is -1.47. The Balaban J connectivity index is 2.49. The van der Waals surface area contributed by atoms with Crippen LogP contribution in [-0.2, 0) is 10.3 Å². The molecule has 1 saturated heterocycles. The van der Waals surface area contributed by atoms with E-state index in [0.29, 0.717) is 0 Å². The zero-order valence-electron chi connectivity index (χ0n) is 7.42. The van der Waals surface area contributed by atoms with Crippen molar-refractivity contribution >= 4 is 0 Å². The highest BCUT2D eigenvalue weighted by Gasteiger charge is 2.57. The van der Waals surface area contributed by atoms with Gasteiger partial charge < -0.3 is 4.74 Å². The molecule has 2 unspecified atom stereocenters. The summed E-state index contributed by atoms with van der Waals surface area (Å²) in [6.07, 6.45) is -0.756. The van der Waals surface area contributed by atoms with Crippen LogP contribution in [0.15, 0.2) is 18.2 Å². The quantitative estimate of drug-likeness (QED) is 0.643. The Bertz CT molecular complexity index is 406. The summed E-state index contributed by atoms with van der Waals surface area (Å²) in [6, 6.07) is 5.41. The number of ether oxygens (including phenoxy) is 1. The third kappa shape index (κ3) is 1.10. The molecular formula is C10H7F2NO. The van der Waals surface area contributed by atoms with Gasteiger partial charge in [-0.1, -0.05) is 6.07 Å². The summed E-state index contributed by atoms with van der Waals surface area (Å²) in [4.78, 5) is 0. The van der Waals surface area contributed by atoms with Crippen LogP contribution in [0.5, 0.6) is 0 Å². The molecule has 2 nitrogen and oxygen atoms in total. The Kier molecular flexibility index (Phi) is 1.79. The first-order valence-corrected chi connectivity index (χ1v) is 4.11. The smallest absolute Gasteiger partial charge is 0.178 e. The Morgan fingerprint density at radius 3 is 2.43 bits per heavy atom. The molecule has 0 saturated carbocycles. The van der Waals surface area contributed by atoms with Gasteiger partial charge in [0.2, 0.25) is 0 Å². The van der Waals surface area contributed by atoms with Gasteiger partial charge in [0.25, 0.3) is 0 Å². The van der Waals surface area contributed by atoms with Crippen LogP contribution in [0, 0.1) is 23.0 Å². The molecule has 2 rings (SSSR count). The molecule has 72 valence electrons. The first-order valence-electron chi connectivity index (χ1n) is 4.11. The third-order valence-corrected chi connectivity index (χ3v) is 2.38. The minimum atomic E-state index is -1.12. The second-order valence-electron chi connectivity index (χ2n) is 3.33. The van der Waals surface area contributed by atoms with Gasteiger partial charge in [0.15, 0.2) is 6.10 Å². The van der Waals surface area contributed by atoms with E-state index in [0.717, 1.165) is 12.1 Å². The molecule has 1 aromatic rings. The van der Waals surface area contributed by atoms with Gasteiger partial charge in [0, 0.05) is 0 Å². The van der Waals surface area contributed by atoms with Gasteiger partial charge >= 0.3 is 0 Å². The lowest BCUT2D eigenvalue weighted by atomic mass is 9.97. The lowest BCUT2D eigenvalue weighted by molar-refractivity contribution is 0.306. The van der Waals surface area contributed by atoms with Crippen molar-refractivity contribution in [3.63, 3.8) is 0 Å². The van der Waals surface area contributed by atoms with Crippen LogP contribution in [0.1, 0.15) is 12.5 Å². The summed E-state index contributed by atoms with van der Waals surface area (Å²) >= 11 is 0. The molecule has 1 aliphatic heterocycles. The minimum absolute atomic E-state index is 0.161. The van der Waals surface area contributed by atoms with Crippen molar-refractivity contribution in [1.29, 1.82) is 5.26 Å². The molecule has 1 fully saturated rings. The second kappa shape index (κ2) is 2.76. The summed E-state index contributed by atoms with van der Waals surface area (Å²) in [5, 5.41) is 8.56. The van der Waals surface area contributed by atoms with Crippen LogP contribution < -0.4 is 0 Å². The predicted molar refractivity (Wildman–Crippen MR) is 44.2 cm³/mol. The van der Waals surface area contributed by atoms with Crippen molar-refractivity contribution in [2.75, 3.05) is 0 Å². The molecule has 4 heteroatoms. The van der Waals surface area contributed by atoms with Gasteiger partial charge in [-0.3, -0.25) is 0 Å². The van der Waals surface area contributed by atoms with E-state index in [-0.39, 0.29) is 5.56 Å². The SMILES string of the molecule is CC1(c2c(F)cccc2F)OC1C#N. The van der Waals surface area contributed by atoms with Gasteiger partial charge in [-0.2, -0.15) is 5.26 Å². The van der Waals surface area contributed by atoms with E-state index in [1.807, 2.05) is 6.07 Å². The molecule has 0 bridgehead atoms. The van der Waals surface area contributed by atoms with Crippen LogP contribution in [0.3, 0.4) is 0 Å². The highest BCUT2D eigenvalue weighted by atomic mass is 19.1. The van der Waals surface area contributed by atoms with E-state index in [9.17, 15) is 8.78 Å². The predicted octanol–water partition coefficient (Wildman–Crippen LogP) is 2.10. The molecule has 0 amide bonds. The van der Waals surface area contributed by atoms with Crippen molar-refractivity contribution in [3.05, 3.63) is 35.4 Å². The van der Waals surface area contributed by atoms with Crippen molar-refractivity contribution in [1.82, 2.24) is 0 Å². The van der Waals surface area contributed by atoms with Gasteiger partial charge in [-0.15, -0.1) is 0 Å². The van der Waals surface area contributed by atoms with Gasteiger partial charge in [0.1, 0.15) is 17.2 Å². The standard InChI is InChI=1S/C10H7F2NO/c1-10(8(5-13)14-10)9-6(11)3-2-4-7(9)12/h2-4,8H,1H3. The molecule has 1 aromatic carbocycles. The molecule has 0 spiro atoms. The number of hydrogen-bond donors (Lipinski definition) is 0. The second-order valence-corrected chi connectivity index (χ2v) is 3.33. The van der Waals surface area contributed by atoms with E-state index < -0.39 is 23.3 Å². The number of nitrogens with zero attached hydrogens (tertiary/aromatic N) is 1. The summed E-state index contributed by atoms with van der Waals surface area (Å²) < 4.78 is 31.5. The van der Waals surface area contributed by atoms with E-state index in [1.165, 1.54) is 13.0 Å². The normalized spacial score (nSPS) is 29.7. The molecule has 0 aromatic heterocycles. The fraction of sp³-hybridized carbons (Fsp3) is 0.300. The maximum Gasteiger partial charge on any atom is 0.178 e. The lowest BCUT2D eigenvalue weighted by Gasteiger charge is -2.07. The third-order valence-electron chi connectivity index (χ3n) is 2.38. The highest BCUT2D eigenvalue weighted by Crippen LogP contribution is 2.47. The summed E-state index contributed by atoms with van der Waals surface area (Å²) in [5.41, 5.74) is -1.28. The fourth-order valence-electron chi connectivity index (χ4n) is 1.52.